The van der Waals surface area contributed by atoms with Gasteiger partial charge in [-0.05, 0) is 36.9 Å². The SMILES string of the molecule is CCNC1C[C@H](C)S(=O)(=O)c2sccc21. The topological polar surface area (TPSA) is 46.2 Å². The van der Waals surface area contributed by atoms with Crippen LogP contribution in [0.4, 0.5) is 0 Å². The fourth-order valence-corrected chi connectivity index (χ4v) is 5.23. The highest BCUT2D eigenvalue weighted by atomic mass is 32.2. The Morgan fingerprint density at radius 2 is 2.33 bits per heavy atom. The van der Waals surface area contributed by atoms with Gasteiger partial charge in [-0.2, -0.15) is 0 Å². The van der Waals surface area contributed by atoms with Gasteiger partial charge in [0.2, 0.25) is 0 Å². The monoisotopic (exact) mass is 245 g/mol. The van der Waals surface area contributed by atoms with E-state index in [0.29, 0.717) is 10.6 Å². The van der Waals surface area contributed by atoms with Gasteiger partial charge in [0.05, 0.1) is 5.25 Å². The van der Waals surface area contributed by atoms with E-state index in [1.165, 1.54) is 11.3 Å². The van der Waals surface area contributed by atoms with E-state index in [-0.39, 0.29) is 11.3 Å². The van der Waals surface area contributed by atoms with Crippen molar-refractivity contribution in [3.05, 3.63) is 17.0 Å². The Labute approximate surface area is 94.4 Å². The van der Waals surface area contributed by atoms with Gasteiger partial charge in [-0.1, -0.05) is 6.92 Å². The van der Waals surface area contributed by atoms with Gasteiger partial charge in [-0.25, -0.2) is 8.42 Å². The molecule has 0 spiro atoms. The maximum Gasteiger partial charge on any atom is 0.190 e. The summed E-state index contributed by atoms with van der Waals surface area (Å²) in [5.41, 5.74) is 0.958. The predicted octanol–water partition coefficient (Wildman–Crippen LogP) is 1.96. The number of hydrogen-bond donors (Lipinski definition) is 1. The zero-order chi connectivity index (χ0) is 11.1. The van der Waals surface area contributed by atoms with E-state index in [2.05, 4.69) is 5.32 Å². The zero-order valence-electron chi connectivity index (χ0n) is 8.86. The van der Waals surface area contributed by atoms with Gasteiger partial charge in [0.25, 0.3) is 0 Å². The van der Waals surface area contributed by atoms with Crippen LogP contribution in [0.5, 0.6) is 0 Å². The van der Waals surface area contributed by atoms with Crippen molar-refractivity contribution in [3.63, 3.8) is 0 Å². The minimum Gasteiger partial charge on any atom is -0.310 e. The van der Waals surface area contributed by atoms with Gasteiger partial charge in [-0.15, -0.1) is 11.3 Å². The first-order chi connectivity index (χ1) is 7.07. The minimum absolute atomic E-state index is 0.203. The molecular weight excluding hydrogens is 230 g/mol. The summed E-state index contributed by atoms with van der Waals surface area (Å²) in [5, 5.41) is 4.93. The van der Waals surface area contributed by atoms with Gasteiger partial charge < -0.3 is 5.32 Å². The summed E-state index contributed by atoms with van der Waals surface area (Å²) in [6, 6.07) is 2.13. The van der Waals surface area contributed by atoms with E-state index >= 15 is 0 Å². The smallest absolute Gasteiger partial charge is 0.190 e. The van der Waals surface area contributed by atoms with Crippen LogP contribution in [-0.4, -0.2) is 20.2 Å². The van der Waals surface area contributed by atoms with Crippen molar-refractivity contribution in [3.8, 4) is 0 Å². The molecule has 0 bridgehead atoms. The molecule has 1 aromatic heterocycles. The second-order valence-corrected chi connectivity index (χ2v) is 7.34. The molecule has 0 fully saturated rings. The van der Waals surface area contributed by atoms with Crippen LogP contribution in [0.2, 0.25) is 0 Å². The second kappa shape index (κ2) is 3.88. The third-order valence-electron chi connectivity index (χ3n) is 2.84. The average molecular weight is 245 g/mol. The van der Waals surface area contributed by atoms with E-state index in [0.717, 1.165) is 12.1 Å². The van der Waals surface area contributed by atoms with Crippen LogP contribution < -0.4 is 5.32 Å². The van der Waals surface area contributed by atoms with Crippen LogP contribution in [0.3, 0.4) is 0 Å². The van der Waals surface area contributed by atoms with E-state index in [1.807, 2.05) is 18.4 Å². The van der Waals surface area contributed by atoms with E-state index in [1.54, 1.807) is 6.92 Å². The number of sulfone groups is 1. The van der Waals surface area contributed by atoms with Crippen molar-refractivity contribution in [1.82, 2.24) is 5.32 Å². The maximum atomic E-state index is 12.0. The summed E-state index contributed by atoms with van der Waals surface area (Å²) < 4.78 is 24.6. The fourth-order valence-electron chi connectivity index (χ4n) is 2.00. The first kappa shape index (κ1) is 11.1. The molecule has 1 aliphatic rings. The van der Waals surface area contributed by atoms with E-state index < -0.39 is 9.84 Å². The molecule has 1 aliphatic heterocycles. The molecule has 1 unspecified atom stereocenters. The van der Waals surface area contributed by atoms with Crippen LogP contribution in [0.25, 0.3) is 0 Å². The van der Waals surface area contributed by atoms with Crippen molar-refractivity contribution >= 4 is 21.2 Å². The van der Waals surface area contributed by atoms with Gasteiger partial charge in [0, 0.05) is 6.04 Å². The molecule has 15 heavy (non-hydrogen) atoms. The molecule has 0 amide bonds. The van der Waals surface area contributed by atoms with Crippen molar-refractivity contribution in [1.29, 1.82) is 0 Å². The van der Waals surface area contributed by atoms with Crippen LogP contribution in [0.15, 0.2) is 15.7 Å². The summed E-state index contributed by atoms with van der Waals surface area (Å²) in [5.74, 6) is 0. The van der Waals surface area contributed by atoms with Crippen molar-refractivity contribution < 1.29 is 8.42 Å². The molecule has 2 rings (SSSR count). The highest BCUT2D eigenvalue weighted by Gasteiger charge is 2.36. The lowest BCUT2D eigenvalue weighted by molar-refractivity contribution is 0.478. The summed E-state index contributed by atoms with van der Waals surface area (Å²) in [4.78, 5) is 0. The normalized spacial score (nSPS) is 28.7. The average Bonchev–Trinajstić information content (AvgIpc) is 2.64. The molecule has 3 nitrogen and oxygen atoms in total. The van der Waals surface area contributed by atoms with Crippen LogP contribution in [-0.2, 0) is 9.84 Å². The Hall–Kier alpha value is -0.390. The summed E-state index contributed by atoms with van der Waals surface area (Å²) in [7, 11) is -3.05. The van der Waals surface area contributed by atoms with Gasteiger partial charge in [0.1, 0.15) is 4.21 Å². The van der Waals surface area contributed by atoms with Crippen LogP contribution in [0, 0.1) is 0 Å². The lowest BCUT2D eigenvalue weighted by Gasteiger charge is -2.27. The van der Waals surface area contributed by atoms with Crippen LogP contribution in [0.1, 0.15) is 31.9 Å². The Kier molecular flexibility index (Phi) is 2.87. The van der Waals surface area contributed by atoms with Gasteiger partial charge in [0.15, 0.2) is 9.84 Å². The first-order valence-corrected chi connectivity index (χ1v) is 7.54. The number of hydrogen-bond acceptors (Lipinski definition) is 4. The van der Waals surface area contributed by atoms with E-state index in [9.17, 15) is 8.42 Å². The predicted molar refractivity (Wildman–Crippen MR) is 62.0 cm³/mol. The van der Waals surface area contributed by atoms with E-state index in [4.69, 9.17) is 0 Å². The highest BCUT2D eigenvalue weighted by molar-refractivity contribution is 7.94. The van der Waals surface area contributed by atoms with Gasteiger partial charge in [-0.3, -0.25) is 0 Å². The highest BCUT2D eigenvalue weighted by Crippen LogP contribution is 2.39. The zero-order valence-corrected chi connectivity index (χ0v) is 10.5. The summed E-state index contributed by atoms with van der Waals surface area (Å²) >= 11 is 1.34. The van der Waals surface area contributed by atoms with Crippen molar-refractivity contribution in [2.45, 2.75) is 35.8 Å². The molecule has 5 heteroatoms. The minimum atomic E-state index is -3.05. The number of nitrogens with one attached hydrogen (secondary N) is 1. The molecule has 1 aromatic rings. The molecular formula is C10H15NO2S2. The van der Waals surface area contributed by atoms with Crippen molar-refractivity contribution in [2.24, 2.45) is 0 Å². The second-order valence-electron chi connectivity index (χ2n) is 3.86. The maximum absolute atomic E-state index is 12.0. The fraction of sp³-hybridized carbons (Fsp3) is 0.600. The largest absolute Gasteiger partial charge is 0.310 e. The van der Waals surface area contributed by atoms with Gasteiger partial charge >= 0.3 is 0 Å². The Morgan fingerprint density at radius 3 is 3.00 bits per heavy atom. The lowest BCUT2D eigenvalue weighted by Crippen LogP contribution is -2.33. The molecule has 2 heterocycles. The molecule has 0 aliphatic carbocycles. The quantitative estimate of drug-likeness (QED) is 0.866. The molecule has 0 radical (unpaired) electrons. The molecule has 2 atom stereocenters. The third-order valence-corrected chi connectivity index (χ3v) is 6.55. The molecule has 1 N–H and O–H groups in total. The Morgan fingerprint density at radius 1 is 1.60 bits per heavy atom. The summed E-state index contributed by atoms with van der Waals surface area (Å²) in [6.45, 7) is 4.70. The number of rotatable bonds is 2. The first-order valence-electron chi connectivity index (χ1n) is 5.12. The number of fused-ring (bicyclic) bond motifs is 1. The standard InChI is InChI=1S/C10H15NO2S2/c1-3-11-9-6-7(2)15(12,13)10-8(9)4-5-14-10/h4-5,7,9,11H,3,6H2,1-2H3/t7-,9?/m0/s1. The van der Waals surface area contributed by atoms with Crippen LogP contribution >= 0.6 is 11.3 Å². The number of thiophene rings is 1. The Balaban J connectivity index is 2.48. The molecule has 0 saturated heterocycles. The third kappa shape index (κ3) is 1.73. The summed E-state index contributed by atoms with van der Waals surface area (Å²) in [6.07, 6.45) is 0.680. The molecule has 0 aromatic carbocycles. The lowest BCUT2D eigenvalue weighted by atomic mass is 10.1. The molecule has 84 valence electrons. The molecule has 0 saturated carbocycles. The van der Waals surface area contributed by atoms with Crippen molar-refractivity contribution in [2.75, 3.05) is 6.54 Å². The Bertz CT molecular complexity index is 450.